The van der Waals surface area contributed by atoms with E-state index in [1.54, 1.807) is 17.8 Å². The standard InChI is InChI=1S/C19H15N3O3S/c1-20-19-22(21-10-13-6-7-14(23)9-16(13)24)15(11-26-19)18-8-12-4-2-3-5-17(12)25-18/h2-11,23-24H,1H3. The third kappa shape index (κ3) is 2.89. The molecular weight excluding hydrogens is 350 g/mol. The van der Waals surface area contributed by atoms with Gasteiger partial charge in [0.25, 0.3) is 0 Å². The van der Waals surface area contributed by atoms with E-state index in [4.69, 9.17) is 4.42 Å². The number of phenolic OH excluding ortho intramolecular Hbond substituents is 2. The normalized spacial score (nSPS) is 12.4. The molecule has 0 atom stereocenters. The molecule has 0 radical (unpaired) electrons. The van der Waals surface area contributed by atoms with Gasteiger partial charge in [-0.3, -0.25) is 4.99 Å². The number of hydrogen-bond donors (Lipinski definition) is 2. The number of fused-ring (bicyclic) bond motifs is 1. The molecule has 4 rings (SSSR count). The number of nitrogens with zero attached hydrogens (tertiary/aromatic N) is 3. The van der Waals surface area contributed by atoms with Crippen molar-refractivity contribution in [2.75, 3.05) is 7.05 Å². The molecule has 0 spiro atoms. The van der Waals surface area contributed by atoms with Crippen LogP contribution in [0, 0.1) is 0 Å². The number of furan rings is 1. The zero-order chi connectivity index (χ0) is 18.1. The SMILES string of the molecule is CN=c1scc(-c2cc3ccccc3o2)n1N=Cc1ccc(O)cc1O. The summed E-state index contributed by atoms with van der Waals surface area (Å²) in [4.78, 5) is 4.93. The van der Waals surface area contributed by atoms with Gasteiger partial charge in [-0.15, -0.1) is 11.3 Å². The van der Waals surface area contributed by atoms with E-state index < -0.39 is 0 Å². The van der Waals surface area contributed by atoms with Crippen molar-refractivity contribution in [1.82, 2.24) is 4.68 Å². The summed E-state index contributed by atoms with van der Waals surface area (Å²) in [6.07, 6.45) is 1.52. The Bertz CT molecular complexity index is 1150. The number of rotatable bonds is 3. The van der Waals surface area contributed by atoms with Gasteiger partial charge in [0.2, 0.25) is 4.80 Å². The summed E-state index contributed by atoms with van der Waals surface area (Å²) in [6, 6.07) is 14.1. The Balaban J connectivity index is 1.81. The van der Waals surface area contributed by atoms with Crippen LogP contribution in [0.15, 0.2) is 68.4 Å². The molecule has 2 heterocycles. The van der Waals surface area contributed by atoms with Crippen molar-refractivity contribution in [3.63, 3.8) is 0 Å². The smallest absolute Gasteiger partial charge is 0.206 e. The minimum Gasteiger partial charge on any atom is -0.508 e. The van der Waals surface area contributed by atoms with Gasteiger partial charge in [0, 0.05) is 29.4 Å². The van der Waals surface area contributed by atoms with Gasteiger partial charge in [-0.05, 0) is 24.3 Å². The van der Waals surface area contributed by atoms with E-state index in [9.17, 15) is 10.2 Å². The lowest BCUT2D eigenvalue weighted by atomic mass is 10.2. The largest absolute Gasteiger partial charge is 0.508 e. The highest BCUT2D eigenvalue weighted by Crippen LogP contribution is 2.28. The molecule has 2 N–H and O–H groups in total. The van der Waals surface area contributed by atoms with Crippen LogP contribution in [0.2, 0.25) is 0 Å². The molecule has 0 amide bonds. The van der Waals surface area contributed by atoms with Gasteiger partial charge in [0.05, 0.1) is 6.21 Å². The minimum absolute atomic E-state index is 0.00458. The number of thiazole rings is 1. The van der Waals surface area contributed by atoms with Gasteiger partial charge in [0.1, 0.15) is 22.8 Å². The second kappa shape index (κ2) is 6.53. The Morgan fingerprint density at radius 2 is 1.96 bits per heavy atom. The zero-order valence-electron chi connectivity index (χ0n) is 13.8. The van der Waals surface area contributed by atoms with Crippen LogP contribution in [-0.2, 0) is 0 Å². The summed E-state index contributed by atoms with van der Waals surface area (Å²) in [5, 5.41) is 26.7. The van der Waals surface area contributed by atoms with Crippen LogP contribution in [0.3, 0.4) is 0 Å². The highest BCUT2D eigenvalue weighted by molar-refractivity contribution is 7.07. The summed E-state index contributed by atoms with van der Waals surface area (Å²) >= 11 is 1.44. The van der Waals surface area contributed by atoms with E-state index in [1.165, 1.54) is 29.7 Å². The van der Waals surface area contributed by atoms with Crippen LogP contribution in [0.1, 0.15) is 5.56 Å². The maximum Gasteiger partial charge on any atom is 0.206 e. The van der Waals surface area contributed by atoms with Gasteiger partial charge in [-0.1, -0.05) is 18.2 Å². The van der Waals surface area contributed by atoms with E-state index in [0.717, 1.165) is 16.7 Å². The van der Waals surface area contributed by atoms with Gasteiger partial charge >= 0.3 is 0 Å². The average Bonchev–Trinajstić information content (AvgIpc) is 3.24. The Labute approximate surface area is 152 Å². The average molecular weight is 365 g/mol. The first-order chi connectivity index (χ1) is 12.7. The summed E-state index contributed by atoms with van der Waals surface area (Å²) in [5.41, 5.74) is 2.05. The van der Waals surface area contributed by atoms with E-state index in [0.29, 0.717) is 16.1 Å². The maximum atomic E-state index is 9.93. The summed E-state index contributed by atoms with van der Waals surface area (Å²) in [6.45, 7) is 0. The molecule has 2 aromatic heterocycles. The molecule has 130 valence electrons. The number of para-hydroxylation sites is 1. The van der Waals surface area contributed by atoms with Crippen molar-refractivity contribution >= 4 is 28.5 Å². The number of hydrogen-bond acceptors (Lipinski definition) is 6. The number of phenols is 2. The fraction of sp³-hybridized carbons (Fsp3) is 0.0526. The molecule has 0 aliphatic heterocycles. The summed E-state index contributed by atoms with van der Waals surface area (Å²) in [5.74, 6) is 0.629. The first kappa shape index (κ1) is 16.2. The topological polar surface area (TPSA) is 83.2 Å². The maximum absolute atomic E-state index is 9.93. The zero-order valence-corrected chi connectivity index (χ0v) is 14.6. The third-order valence-electron chi connectivity index (χ3n) is 3.88. The van der Waals surface area contributed by atoms with E-state index in [1.807, 2.05) is 35.7 Å². The lowest BCUT2D eigenvalue weighted by Gasteiger charge is -2.02. The number of aromatic nitrogens is 1. The predicted molar refractivity (Wildman–Crippen MR) is 102 cm³/mol. The van der Waals surface area contributed by atoms with E-state index in [2.05, 4.69) is 10.1 Å². The van der Waals surface area contributed by atoms with Gasteiger partial charge < -0.3 is 14.6 Å². The van der Waals surface area contributed by atoms with Crippen LogP contribution in [0.4, 0.5) is 0 Å². The minimum atomic E-state index is -0.0511. The molecule has 0 aliphatic carbocycles. The Hall–Kier alpha value is -3.32. The van der Waals surface area contributed by atoms with Crippen LogP contribution in [0.5, 0.6) is 11.5 Å². The van der Waals surface area contributed by atoms with Crippen molar-refractivity contribution in [3.8, 4) is 23.0 Å². The molecule has 26 heavy (non-hydrogen) atoms. The van der Waals surface area contributed by atoms with Crippen LogP contribution in [-0.4, -0.2) is 28.2 Å². The van der Waals surface area contributed by atoms with Crippen LogP contribution in [0.25, 0.3) is 22.4 Å². The molecule has 0 bridgehead atoms. The first-order valence-corrected chi connectivity index (χ1v) is 8.72. The fourth-order valence-electron chi connectivity index (χ4n) is 2.60. The number of benzene rings is 2. The molecule has 7 heteroatoms. The Morgan fingerprint density at radius 1 is 1.12 bits per heavy atom. The molecule has 0 unspecified atom stereocenters. The van der Waals surface area contributed by atoms with Crippen molar-refractivity contribution in [2.45, 2.75) is 0 Å². The molecular formula is C19H15N3O3S. The molecule has 2 aromatic carbocycles. The number of aromatic hydroxyl groups is 2. The molecule has 0 fully saturated rings. The highest BCUT2D eigenvalue weighted by Gasteiger charge is 2.12. The molecule has 0 saturated heterocycles. The molecule has 4 aromatic rings. The third-order valence-corrected chi connectivity index (χ3v) is 4.79. The molecule has 6 nitrogen and oxygen atoms in total. The van der Waals surface area contributed by atoms with Crippen molar-refractivity contribution in [3.05, 3.63) is 64.3 Å². The van der Waals surface area contributed by atoms with Crippen molar-refractivity contribution < 1.29 is 14.6 Å². The summed E-state index contributed by atoms with van der Waals surface area (Å²) in [7, 11) is 1.69. The Kier molecular flexibility index (Phi) is 4.06. The lowest BCUT2D eigenvalue weighted by Crippen LogP contribution is -2.11. The summed E-state index contributed by atoms with van der Waals surface area (Å²) < 4.78 is 7.59. The second-order valence-corrected chi connectivity index (χ2v) is 6.41. The van der Waals surface area contributed by atoms with E-state index >= 15 is 0 Å². The Morgan fingerprint density at radius 3 is 2.73 bits per heavy atom. The highest BCUT2D eigenvalue weighted by atomic mass is 32.1. The van der Waals surface area contributed by atoms with Crippen molar-refractivity contribution in [2.24, 2.45) is 10.1 Å². The van der Waals surface area contributed by atoms with Crippen LogP contribution >= 0.6 is 11.3 Å². The monoisotopic (exact) mass is 365 g/mol. The van der Waals surface area contributed by atoms with Crippen LogP contribution < -0.4 is 4.80 Å². The predicted octanol–water partition coefficient (Wildman–Crippen LogP) is 3.79. The molecule has 0 saturated carbocycles. The van der Waals surface area contributed by atoms with Crippen molar-refractivity contribution in [1.29, 1.82) is 0 Å². The quantitative estimate of drug-likeness (QED) is 0.542. The first-order valence-electron chi connectivity index (χ1n) is 7.84. The molecule has 0 aliphatic rings. The van der Waals surface area contributed by atoms with Gasteiger partial charge in [-0.25, -0.2) is 4.68 Å². The van der Waals surface area contributed by atoms with E-state index in [-0.39, 0.29) is 11.5 Å². The van der Waals surface area contributed by atoms with Gasteiger partial charge in [-0.2, -0.15) is 5.10 Å². The lowest BCUT2D eigenvalue weighted by molar-refractivity contribution is 0.450. The second-order valence-electron chi connectivity index (χ2n) is 5.58. The fourth-order valence-corrected chi connectivity index (χ4v) is 3.39. The van der Waals surface area contributed by atoms with Gasteiger partial charge in [0.15, 0.2) is 5.76 Å².